The van der Waals surface area contributed by atoms with E-state index < -0.39 is 0 Å². The van der Waals surface area contributed by atoms with Crippen LogP contribution in [0.25, 0.3) is 10.9 Å². The number of halogens is 1. The summed E-state index contributed by atoms with van der Waals surface area (Å²) >= 11 is 0. The monoisotopic (exact) mass is 253 g/mol. The highest BCUT2D eigenvalue weighted by Crippen LogP contribution is 2.30. The second-order valence-electron chi connectivity index (χ2n) is 4.39. The van der Waals surface area contributed by atoms with Gasteiger partial charge in [-0.05, 0) is 13.0 Å². The van der Waals surface area contributed by atoms with Crippen molar-refractivity contribution >= 4 is 10.9 Å². The Morgan fingerprint density at radius 3 is 3.00 bits per heavy atom. The fourth-order valence-corrected chi connectivity index (χ4v) is 2.35. The number of benzene rings is 1. The molecule has 2 heterocycles. The molecule has 4 nitrogen and oxygen atoms in total. The van der Waals surface area contributed by atoms with E-state index in [-0.39, 0.29) is 24.6 Å². The molecule has 5 heteroatoms. The van der Waals surface area contributed by atoms with Crippen molar-refractivity contribution in [3.8, 4) is 0 Å². The van der Waals surface area contributed by atoms with Gasteiger partial charge in [-0.1, -0.05) is 18.2 Å². The second-order valence-corrected chi connectivity index (χ2v) is 4.39. The summed E-state index contributed by atoms with van der Waals surface area (Å²) in [6, 6.07) is 8.46. The number of ether oxygens (including phenoxy) is 1. The van der Waals surface area contributed by atoms with Crippen LogP contribution in [0.3, 0.4) is 0 Å². The molecule has 1 aliphatic heterocycles. The quantitative estimate of drug-likeness (QED) is 0.624. The molecular formula is C12H16ClN3O. The van der Waals surface area contributed by atoms with Crippen molar-refractivity contribution in [2.45, 2.75) is 25.6 Å². The number of hydrogen-bond donors (Lipinski definition) is 1. The SMILES string of the molecule is C[C@H]([NH3+])[C@H]1OCCn2nc3ccccc3c21.[Cl-]. The van der Waals surface area contributed by atoms with Crippen LogP contribution in [0.5, 0.6) is 0 Å². The first-order valence-corrected chi connectivity index (χ1v) is 5.67. The van der Waals surface area contributed by atoms with Crippen LogP contribution in [0, 0.1) is 0 Å². The summed E-state index contributed by atoms with van der Waals surface area (Å²) in [5.74, 6) is 0. The Bertz CT molecular complexity index is 523. The standard InChI is InChI=1S/C12H15N3O.ClH/c1-8(13)12-11-9-4-2-3-5-10(9)14-15(11)6-7-16-12;/h2-5,8,12H,6-7,13H2,1H3;1H/t8-,12+;/m0./s1. The largest absolute Gasteiger partial charge is 1.00 e. The van der Waals surface area contributed by atoms with Gasteiger partial charge in [0.25, 0.3) is 0 Å². The van der Waals surface area contributed by atoms with Crippen LogP contribution >= 0.6 is 0 Å². The third-order valence-electron chi connectivity index (χ3n) is 3.07. The molecule has 0 fully saturated rings. The van der Waals surface area contributed by atoms with E-state index in [0.29, 0.717) is 0 Å². The van der Waals surface area contributed by atoms with Crippen LogP contribution in [-0.2, 0) is 11.3 Å². The minimum absolute atomic E-state index is 0. The molecular weight excluding hydrogens is 238 g/mol. The second kappa shape index (κ2) is 4.64. The summed E-state index contributed by atoms with van der Waals surface area (Å²) in [5.41, 5.74) is 6.32. The Balaban J connectivity index is 0.00000108. The van der Waals surface area contributed by atoms with Crippen molar-refractivity contribution < 1.29 is 22.9 Å². The van der Waals surface area contributed by atoms with Gasteiger partial charge in [0, 0.05) is 5.39 Å². The van der Waals surface area contributed by atoms with Crippen LogP contribution < -0.4 is 18.1 Å². The van der Waals surface area contributed by atoms with Crippen molar-refractivity contribution in [3.63, 3.8) is 0 Å². The molecule has 0 aliphatic carbocycles. The molecule has 3 rings (SSSR count). The predicted molar refractivity (Wildman–Crippen MR) is 60.8 cm³/mol. The van der Waals surface area contributed by atoms with Crippen LogP contribution in [-0.4, -0.2) is 22.4 Å². The van der Waals surface area contributed by atoms with Crippen molar-refractivity contribution in [2.24, 2.45) is 0 Å². The topological polar surface area (TPSA) is 54.7 Å². The molecule has 0 bridgehead atoms. The Hall–Kier alpha value is -1.10. The number of fused-ring (bicyclic) bond motifs is 3. The molecule has 0 radical (unpaired) electrons. The third kappa shape index (κ3) is 1.92. The molecule has 1 aliphatic rings. The molecule has 0 spiro atoms. The lowest BCUT2D eigenvalue weighted by Crippen LogP contribution is -3.00. The summed E-state index contributed by atoms with van der Waals surface area (Å²) in [4.78, 5) is 0. The van der Waals surface area contributed by atoms with Gasteiger partial charge < -0.3 is 22.9 Å². The first-order chi connectivity index (χ1) is 7.77. The van der Waals surface area contributed by atoms with Crippen LogP contribution in [0.15, 0.2) is 24.3 Å². The minimum Gasteiger partial charge on any atom is -1.00 e. The molecule has 0 amide bonds. The van der Waals surface area contributed by atoms with Crippen molar-refractivity contribution in [1.29, 1.82) is 0 Å². The van der Waals surface area contributed by atoms with E-state index in [1.54, 1.807) is 0 Å². The zero-order valence-electron chi connectivity index (χ0n) is 9.77. The van der Waals surface area contributed by atoms with Crippen LogP contribution in [0.1, 0.15) is 18.7 Å². The lowest BCUT2D eigenvalue weighted by Gasteiger charge is -2.25. The Morgan fingerprint density at radius 2 is 2.24 bits per heavy atom. The summed E-state index contributed by atoms with van der Waals surface area (Å²) in [6.07, 6.45) is 0.0705. The lowest BCUT2D eigenvalue weighted by molar-refractivity contribution is -0.437. The zero-order chi connectivity index (χ0) is 11.1. The number of nitrogens with zero attached hydrogens (tertiary/aromatic N) is 2. The highest BCUT2D eigenvalue weighted by molar-refractivity contribution is 5.82. The fraction of sp³-hybridized carbons (Fsp3) is 0.417. The smallest absolute Gasteiger partial charge is 0.151 e. The number of quaternary nitrogens is 1. The van der Waals surface area contributed by atoms with Crippen LogP contribution in [0.4, 0.5) is 0 Å². The van der Waals surface area contributed by atoms with Crippen molar-refractivity contribution in [2.75, 3.05) is 6.61 Å². The molecule has 92 valence electrons. The molecule has 0 saturated carbocycles. The van der Waals surface area contributed by atoms with E-state index in [1.807, 2.05) is 18.2 Å². The average molecular weight is 254 g/mol. The summed E-state index contributed by atoms with van der Waals surface area (Å²) in [6.45, 7) is 3.65. The molecule has 3 N–H and O–H groups in total. The molecule has 17 heavy (non-hydrogen) atoms. The highest BCUT2D eigenvalue weighted by atomic mass is 35.5. The van der Waals surface area contributed by atoms with E-state index in [1.165, 1.54) is 11.1 Å². The summed E-state index contributed by atoms with van der Waals surface area (Å²) in [5, 5.41) is 5.79. The number of aromatic nitrogens is 2. The molecule has 1 aromatic heterocycles. The number of hydrogen-bond acceptors (Lipinski definition) is 2. The summed E-state index contributed by atoms with van der Waals surface area (Å²) in [7, 11) is 0. The number of rotatable bonds is 1. The van der Waals surface area contributed by atoms with Crippen LogP contribution in [0.2, 0.25) is 0 Å². The Kier molecular flexibility index (Phi) is 3.38. The third-order valence-corrected chi connectivity index (χ3v) is 3.07. The molecule has 0 unspecified atom stereocenters. The first-order valence-electron chi connectivity index (χ1n) is 5.67. The average Bonchev–Trinajstić information content (AvgIpc) is 2.66. The van der Waals surface area contributed by atoms with Gasteiger partial charge in [0.15, 0.2) is 6.10 Å². The maximum atomic E-state index is 5.81. The van der Waals surface area contributed by atoms with E-state index in [4.69, 9.17) is 4.74 Å². The Morgan fingerprint density at radius 1 is 1.47 bits per heavy atom. The zero-order valence-corrected chi connectivity index (χ0v) is 10.5. The molecule has 2 aromatic rings. The fourth-order valence-electron chi connectivity index (χ4n) is 2.35. The van der Waals surface area contributed by atoms with Gasteiger partial charge in [0.05, 0.1) is 24.4 Å². The van der Waals surface area contributed by atoms with E-state index in [2.05, 4.69) is 28.5 Å². The maximum absolute atomic E-state index is 5.81. The van der Waals surface area contributed by atoms with Gasteiger partial charge in [-0.15, -0.1) is 0 Å². The van der Waals surface area contributed by atoms with Crippen molar-refractivity contribution in [3.05, 3.63) is 30.0 Å². The van der Waals surface area contributed by atoms with Gasteiger partial charge >= 0.3 is 0 Å². The van der Waals surface area contributed by atoms with Gasteiger partial charge in [0.1, 0.15) is 6.04 Å². The van der Waals surface area contributed by atoms with Gasteiger partial charge in [0.2, 0.25) is 0 Å². The van der Waals surface area contributed by atoms with E-state index >= 15 is 0 Å². The Labute approximate surface area is 106 Å². The predicted octanol–water partition coefficient (Wildman–Crippen LogP) is -2.26. The maximum Gasteiger partial charge on any atom is 0.151 e. The highest BCUT2D eigenvalue weighted by Gasteiger charge is 2.29. The molecule has 2 atom stereocenters. The first kappa shape index (κ1) is 12.4. The van der Waals surface area contributed by atoms with Gasteiger partial charge in [-0.3, -0.25) is 4.68 Å². The lowest BCUT2D eigenvalue weighted by atomic mass is 10.1. The molecule has 1 aromatic carbocycles. The van der Waals surface area contributed by atoms with E-state index in [0.717, 1.165) is 18.7 Å². The minimum atomic E-state index is 0. The van der Waals surface area contributed by atoms with E-state index in [9.17, 15) is 0 Å². The van der Waals surface area contributed by atoms with Gasteiger partial charge in [-0.25, -0.2) is 0 Å². The summed E-state index contributed by atoms with van der Waals surface area (Å²) < 4.78 is 7.88. The molecule has 0 saturated heterocycles. The van der Waals surface area contributed by atoms with Gasteiger partial charge in [-0.2, -0.15) is 5.10 Å². The normalized spacial score (nSPS) is 20.7. The van der Waals surface area contributed by atoms with Crippen molar-refractivity contribution in [1.82, 2.24) is 9.78 Å².